The molecule has 0 saturated heterocycles. The third kappa shape index (κ3) is 9.93. The minimum Gasteiger partial charge on any atom is -0.330 e. The second-order valence-electron chi connectivity index (χ2n) is 6.90. The molecule has 2 aromatic carbocycles. The number of hydrogen-bond donors (Lipinski definition) is 3. The van der Waals surface area contributed by atoms with E-state index < -0.39 is 36.1 Å². The van der Waals surface area contributed by atoms with Crippen molar-refractivity contribution in [3.63, 3.8) is 0 Å². The van der Waals surface area contributed by atoms with Gasteiger partial charge in [0.15, 0.2) is 5.02 Å². The quantitative estimate of drug-likeness (QED) is 0.340. The molecular formula is C19H26ClN7O8. The molecule has 0 fully saturated rings. The Labute approximate surface area is 204 Å². The highest BCUT2D eigenvalue weighted by Gasteiger charge is 2.25. The van der Waals surface area contributed by atoms with Gasteiger partial charge in [-0.2, -0.15) is 0 Å². The van der Waals surface area contributed by atoms with Crippen LogP contribution in [0.2, 0.25) is 5.02 Å². The van der Waals surface area contributed by atoms with E-state index in [4.69, 9.17) is 28.8 Å². The first kappa shape index (κ1) is 31.2. The lowest BCUT2D eigenvalue weighted by Gasteiger charge is -2.04. The molecule has 0 bridgehead atoms. The lowest BCUT2D eigenvalue weighted by Crippen LogP contribution is -2.11. The van der Waals surface area contributed by atoms with Gasteiger partial charge in [0.1, 0.15) is 5.56 Å². The van der Waals surface area contributed by atoms with Crippen LogP contribution >= 0.6 is 11.6 Å². The second kappa shape index (κ2) is 15.2. The van der Waals surface area contributed by atoms with Gasteiger partial charge in [0, 0.05) is 37.4 Å². The Kier molecular flexibility index (Phi) is 13.5. The summed E-state index contributed by atoms with van der Waals surface area (Å²) in [6.45, 7) is 4.64. The summed E-state index contributed by atoms with van der Waals surface area (Å²) in [7, 11) is 0. The molecule has 16 heteroatoms. The molecule has 0 heterocycles. The maximum atomic E-state index is 10.9. The van der Waals surface area contributed by atoms with Gasteiger partial charge in [-0.3, -0.25) is 40.5 Å². The summed E-state index contributed by atoms with van der Waals surface area (Å²) in [5, 5.41) is 42.2. The number of nitro benzene ring substituents is 4. The second-order valence-corrected chi connectivity index (χ2v) is 7.27. The zero-order valence-electron chi connectivity index (χ0n) is 19.0. The molecule has 0 unspecified atom stereocenters. The largest absolute Gasteiger partial charge is 0.330 e. The van der Waals surface area contributed by atoms with Crippen LogP contribution in [0.25, 0.3) is 0 Å². The van der Waals surface area contributed by atoms with E-state index in [2.05, 4.69) is 0 Å². The van der Waals surface area contributed by atoms with E-state index >= 15 is 0 Å². The molecule has 0 aliphatic rings. The molecule has 6 N–H and O–H groups in total. The SMILES string of the molecule is Cc1cc([N+](=O)[O-])c(CCCN)c([N+](=O)[O-])c1.Cc1cc([N+](=O)[O-])c(Cl)c([N+](=O)[O-])c1.NCCN. The molecule has 0 aliphatic carbocycles. The zero-order chi connectivity index (χ0) is 27.3. The molecule has 0 saturated carbocycles. The zero-order valence-corrected chi connectivity index (χ0v) is 19.8. The van der Waals surface area contributed by atoms with E-state index in [0.717, 1.165) is 0 Å². The van der Waals surface area contributed by atoms with Crippen LogP contribution in [0.4, 0.5) is 22.7 Å². The number of aryl methyl sites for hydroxylation is 2. The van der Waals surface area contributed by atoms with Crippen molar-refractivity contribution in [2.45, 2.75) is 26.7 Å². The summed E-state index contributed by atoms with van der Waals surface area (Å²) >= 11 is 5.49. The van der Waals surface area contributed by atoms with Crippen LogP contribution in [-0.2, 0) is 6.42 Å². The monoisotopic (exact) mass is 515 g/mol. The third-order valence-corrected chi connectivity index (χ3v) is 4.50. The molecule has 0 atom stereocenters. The van der Waals surface area contributed by atoms with Crippen LogP contribution < -0.4 is 17.2 Å². The van der Waals surface area contributed by atoms with Crippen molar-refractivity contribution >= 4 is 34.4 Å². The van der Waals surface area contributed by atoms with E-state index in [-0.39, 0.29) is 23.4 Å². The number of benzene rings is 2. The molecule has 0 aromatic heterocycles. The Morgan fingerprint density at radius 2 is 0.971 bits per heavy atom. The van der Waals surface area contributed by atoms with Crippen molar-refractivity contribution in [1.82, 2.24) is 0 Å². The van der Waals surface area contributed by atoms with Crippen molar-refractivity contribution in [2.75, 3.05) is 19.6 Å². The summed E-state index contributed by atoms with van der Waals surface area (Å²) in [5.41, 5.74) is 14.9. The van der Waals surface area contributed by atoms with Gasteiger partial charge in [0.2, 0.25) is 0 Å². The standard InChI is InChI=1S/C10H13N3O4.C7H5ClN2O4.C2H8N2/c1-7-5-9(12(14)15)8(3-2-4-11)10(6-7)13(16)17;1-4-2-5(9(11)12)7(8)6(3-4)10(13)14;3-1-2-4/h5-6H,2-4,11H2,1H3;2-3H,1H3;1-4H2. The van der Waals surface area contributed by atoms with Crippen molar-refractivity contribution in [2.24, 2.45) is 17.2 Å². The minimum absolute atomic E-state index is 0.149. The van der Waals surface area contributed by atoms with Crippen molar-refractivity contribution in [1.29, 1.82) is 0 Å². The maximum Gasteiger partial charge on any atom is 0.295 e. The predicted octanol–water partition coefficient (Wildman–Crippen LogP) is 3.07. The smallest absolute Gasteiger partial charge is 0.295 e. The Morgan fingerprint density at radius 1 is 0.657 bits per heavy atom. The Hall–Kier alpha value is -3.79. The summed E-state index contributed by atoms with van der Waals surface area (Å²) < 4.78 is 0. The van der Waals surface area contributed by atoms with Crippen LogP contribution in [0.3, 0.4) is 0 Å². The Morgan fingerprint density at radius 3 is 1.23 bits per heavy atom. The van der Waals surface area contributed by atoms with Gasteiger partial charge >= 0.3 is 0 Å². The van der Waals surface area contributed by atoms with E-state index in [0.29, 0.717) is 37.2 Å². The highest BCUT2D eigenvalue weighted by Crippen LogP contribution is 2.34. The first-order valence-electron chi connectivity index (χ1n) is 9.93. The number of hydrogen-bond acceptors (Lipinski definition) is 11. The van der Waals surface area contributed by atoms with E-state index in [1.807, 2.05) is 0 Å². The fourth-order valence-electron chi connectivity index (χ4n) is 2.64. The molecular weight excluding hydrogens is 490 g/mol. The molecule has 0 amide bonds. The molecule has 0 aliphatic heterocycles. The molecule has 35 heavy (non-hydrogen) atoms. The molecule has 2 aromatic rings. The lowest BCUT2D eigenvalue weighted by atomic mass is 10.0. The first-order valence-corrected chi connectivity index (χ1v) is 10.3. The highest BCUT2D eigenvalue weighted by atomic mass is 35.5. The summed E-state index contributed by atoms with van der Waals surface area (Å²) in [6, 6.07) is 5.07. The van der Waals surface area contributed by atoms with Crippen molar-refractivity contribution < 1.29 is 19.7 Å². The van der Waals surface area contributed by atoms with Crippen LogP contribution in [-0.4, -0.2) is 39.3 Å². The van der Waals surface area contributed by atoms with Crippen molar-refractivity contribution in [3.05, 3.63) is 86.4 Å². The molecule has 0 radical (unpaired) electrons. The third-order valence-electron chi connectivity index (χ3n) is 4.11. The number of halogens is 1. The first-order chi connectivity index (χ1) is 16.3. The Bertz CT molecular complexity index is 1010. The molecule has 0 spiro atoms. The normalized spacial score (nSPS) is 9.77. The van der Waals surface area contributed by atoms with Gasteiger partial charge in [0.25, 0.3) is 22.7 Å². The molecule has 15 nitrogen and oxygen atoms in total. The number of nitro groups is 4. The van der Waals surface area contributed by atoms with Crippen LogP contribution in [0, 0.1) is 54.3 Å². The highest BCUT2D eigenvalue weighted by molar-refractivity contribution is 6.34. The maximum absolute atomic E-state index is 10.9. The van der Waals surface area contributed by atoms with Gasteiger partial charge in [-0.05, 0) is 44.4 Å². The summed E-state index contributed by atoms with van der Waals surface area (Å²) in [6.07, 6.45) is 0.716. The topological polar surface area (TPSA) is 251 Å². The van der Waals surface area contributed by atoms with E-state index in [1.54, 1.807) is 6.92 Å². The molecule has 192 valence electrons. The lowest BCUT2D eigenvalue weighted by molar-refractivity contribution is -0.395. The number of nitrogens with two attached hydrogens (primary N) is 3. The number of nitrogens with zero attached hydrogens (tertiary/aromatic N) is 4. The van der Waals surface area contributed by atoms with Gasteiger partial charge in [0.05, 0.1) is 19.7 Å². The average molecular weight is 516 g/mol. The van der Waals surface area contributed by atoms with Gasteiger partial charge in [-0.25, -0.2) is 0 Å². The fraction of sp³-hybridized carbons (Fsp3) is 0.368. The van der Waals surface area contributed by atoms with Crippen LogP contribution in [0.1, 0.15) is 23.1 Å². The van der Waals surface area contributed by atoms with Gasteiger partial charge in [-0.15, -0.1) is 0 Å². The minimum atomic E-state index is -0.748. The number of rotatable bonds is 8. The fourth-order valence-corrected chi connectivity index (χ4v) is 2.88. The summed E-state index contributed by atoms with van der Waals surface area (Å²) in [5.74, 6) is 0. The van der Waals surface area contributed by atoms with E-state index in [1.165, 1.54) is 31.2 Å². The van der Waals surface area contributed by atoms with Crippen molar-refractivity contribution in [3.8, 4) is 0 Å². The van der Waals surface area contributed by atoms with Crippen LogP contribution in [0.5, 0.6) is 0 Å². The van der Waals surface area contributed by atoms with E-state index in [9.17, 15) is 40.5 Å². The van der Waals surface area contributed by atoms with Gasteiger partial charge in [-0.1, -0.05) is 11.6 Å². The van der Waals surface area contributed by atoms with Crippen LogP contribution in [0.15, 0.2) is 24.3 Å². The van der Waals surface area contributed by atoms with Gasteiger partial charge < -0.3 is 17.2 Å². The summed E-state index contributed by atoms with van der Waals surface area (Å²) in [4.78, 5) is 39.9. The average Bonchev–Trinajstić information content (AvgIpc) is 2.79. The predicted molar refractivity (Wildman–Crippen MR) is 129 cm³/mol. The Balaban J connectivity index is 0.000000581. The molecule has 2 rings (SSSR count).